The molecule has 0 aliphatic carbocycles. The van der Waals surface area contributed by atoms with Crippen LogP contribution in [0.2, 0.25) is 0 Å². The number of hydrogen-bond acceptors (Lipinski definition) is 3. The Labute approximate surface area is 186 Å². The fourth-order valence-corrected chi connectivity index (χ4v) is 2.77. The minimum atomic E-state index is -4.90. The Bertz CT molecular complexity index is 1190. The number of anilines is 3. The topological polar surface area (TPSA) is 83.1 Å². The largest absolute Gasteiger partial charge is 0.419 e. The third-order valence-electron chi connectivity index (χ3n) is 4.39. The fraction of sp³-hybridized carbons (Fsp3) is 0.0870. The van der Waals surface area contributed by atoms with Gasteiger partial charge in [-0.25, -0.2) is 9.18 Å². The average molecular weight is 458 g/mol. The van der Waals surface area contributed by atoms with Crippen molar-refractivity contribution in [1.82, 2.24) is 4.98 Å². The maximum Gasteiger partial charge on any atom is 0.419 e. The van der Waals surface area contributed by atoms with E-state index in [2.05, 4.69) is 20.9 Å². The number of aromatic nitrogens is 1. The number of hydrogen-bond donors (Lipinski definition) is 3. The van der Waals surface area contributed by atoms with E-state index in [-0.39, 0.29) is 11.4 Å². The number of amides is 3. The number of nitrogens with zero attached hydrogens (tertiary/aromatic N) is 1. The van der Waals surface area contributed by atoms with Gasteiger partial charge in [0, 0.05) is 35.5 Å². The third kappa shape index (κ3) is 6.63. The van der Waals surface area contributed by atoms with Crippen LogP contribution in [-0.4, -0.2) is 16.9 Å². The Morgan fingerprint density at radius 2 is 1.67 bits per heavy atom. The van der Waals surface area contributed by atoms with Crippen molar-refractivity contribution in [2.45, 2.75) is 13.1 Å². The van der Waals surface area contributed by atoms with Gasteiger partial charge in [0.25, 0.3) is 0 Å². The summed E-state index contributed by atoms with van der Waals surface area (Å²) in [5, 5.41) is 7.37. The molecule has 2 aromatic carbocycles. The van der Waals surface area contributed by atoms with Gasteiger partial charge >= 0.3 is 12.2 Å². The van der Waals surface area contributed by atoms with Crippen LogP contribution >= 0.6 is 0 Å². The number of rotatable bonds is 5. The maximum atomic E-state index is 13.4. The fourth-order valence-electron chi connectivity index (χ4n) is 2.77. The first kappa shape index (κ1) is 23.5. The molecule has 0 spiro atoms. The number of carbonyl (C=O) groups is 2. The molecule has 1 heterocycles. The van der Waals surface area contributed by atoms with Crippen molar-refractivity contribution in [2.24, 2.45) is 0 Å². The highest BCUT2D eigenvalue weighted by molar-refractivity contribution is 6.03. The lowest BCUT2D eigenvalue weighted by atomic mass is 10.1. The molecule has 0 saturated carbocycles. The molecular weight excluding hydrogens is 440 g/mol. The second-order valence-corrected chi connectivity index (χ2v) is 6.91. The van der Waals surface area contributed by atoms with E-state index in [4.69, 9.17) is 0 Å². The van der Waals surface area contributed by atoms with E-state index in [0.29, 0.717) is 17.8 Å². The molecule has 10 heteroatoms. The van der Waals surface area contributed by atoms with E-state index in [9.17, 15) is 27.2 Å². The summed E-state index contributed by atoms with van der Waals surface area (Å²) >= 11 is 0. The van der Waals surface area contributed by atoms with E-state index >= 15 is 0 Å². The molecule has 170 valence electrons. The molecule has 0 fully saturated rings. The van der Waals surface area contributed by atoms with Gasteiger partial charge in [0.1, 0.15) is 5.82 Å². The normalized spacial score (nSPS) is 11.3. The lowest BCUT2D eigenvalue weighted by Gasteiger charge is -2.13. The van der Waals surface area contributed by atoms with Crippen LogP contribution in [-0.2, 0) is 11.0 Å². The number of nitrogens with one attached hydrogen (secondary N) is 3. The Balaban J connectivity index is 1.66. The highest BCUT2D eigenvalue weighted by atomic mass is 19.4. The van der Waals surface area contributed by atoms with Crippen molar-refractivity contribution in [2.75, 3.05) is 16.0 Å². The molecule has 0 saturated heterocycles. The summed E-state index contributed by atoms with van der Waals surface area (Å²) in [6.07, 6.45) is 1.23. The summed E-state index contributed by atoms with van der Waals surface area (Å²) in [5.74, 6) is -1.85. The van der Waals surface area contributed by atoms with E-state index < -0.39 is 29.5 Å². The van der Waals surface area contributed by atoms with Crippen LogP contribution in [0.4, 0.5) is 39.4 Å². The monoisotopic (exact) mass is 458 g/mol. The molecule has 0 bridgehead atoms. The van der Waals surface area contributed by atoms with Crippen LogP contribution in [0.25, 0.3) is 6.08 Å². The molecule has 0 aliphatic heterocycles. The van der Waals surface area contributed by atoms with Gasteiger partial charge in [0.05, 0.1) is 5.56 Å². The Morgan fingerprint density at radius 1 is 0.970 bits per heavy atom. The van der Waals surface area contributed by atoms with Crippen LogP contribution in [0.3, 0.4) is 0 Å². The first-order valence-corrected chi connectivity index (χ1v) is 9.56. The summed E-state index contributed by atoms with van der Waals surface area (Å²) in [5.41, 5.74) is 0.448. The summed E-state index contributed by atoms with van der Waals surface area (Å²) in [7, 11) is 0. The molecule has 3 rings (SSSR count). The molecule has 0 aliphatic rings. The highest BCUT2D eigenvalue weighted by Gasteiger charge is 2.34. The van der Waals surface area contributed by atoms with Crippen LogP contribution in [0.5, 0.6) is 0 Å². The molecule has 33 heavy (non-hydrogen) atoms. The number of halogens is 4. The van der Waals surface area contributed by atoms with Gasteiger partial charge in [-0.3, -0.25) is 9.78 Å². The van der Waals surface area contributed by atoms with Crippen molar-refractivity contribution in [1.29, 1.82) is 0 Å². The minimum absolute atomic E-state index is 0.234. The first-order valence-electron chi connectivity index (χ1n) is 9.56. The molecule has 6 nitrogen and oxygen atoms in total. The van der Waals surface area contributed by atoms with Gasteiger partial charge in [0.2, 0.25) is 5.91 Å². The quantitative estimate of drug-likeness (QED) is 0.332. The van der Waals surface area contributed by atoms with Gasteiger partial charge in [-0.2, -0.15) is 13.2 Å². The van der Waals surface area contributed by atoms with Crippen molar-refractivity contribution >= 4 is 35.1 Å². The molecule has 3 amide bonds. The van der Waals surface area contributed by atoms with Crippen LogP contribution in [0.15, 0.2) is 67.0 Å². The van der Waals surface area contributed by atoms with Gasteiger partial charge in [-0.05, 0) is 60.5 Å². The zero-order chi connectivity index (χ0) is 24.0. The summed E-state index contributed by atoms with van der Waals surface area (Å²) in [4.78, 5) is 28.4. The molecule has 0 unspecified atom stereocenters. The van der Waals surface area contributed by atoms with Crippen LogP contribution in [0, 0.1) is 12.7 Å². The molecule has 0 radical (unpaired) electrons. The molecule has 1 aromatic heterocycles. The number of pyridine rings is 1. The molecule has 3 N–H and O–H groups in total. The summed E-state index contributed by atoms with van der Waals surface area (Å²) in [6.45, 7) is 1.75. The van der Waals surface area contributed by atoms with E-state index in [1.54, 1.807) is 49.7 Å². The van der Waals surface area contributed by atoms with Gasteiger partial charge in [-0.15, -0.1) is 0 Å². The third-order valence-corrected chi connectivity index (χ3v) is 4.39. The lowest BCUT2D eigenvalue weighted by Crippen LogP contribution is -2.20. The number of carbonyl (C=O) groups excluding carboxylic acids is 2. The Hall–Kier alpha value is -4.21. The summed E-state index contributed by atoms with van der Waals surface area (Å²) in [6, 6.07) is 9.52. The standard InChI is InChI=1S/C23H18F4N4O2/c1-14-4-6-17(12-20(14)31-21(32)9-5-15-3-2-10-28-13-15)30-22(33)29-16-7-8-19(24)18(11-16)23(25,26)27/h2-13H,1H3,(H,31,32)(H2,29,30,33)/b9-5+. The van der Waals surface area contributed by atoms with E-state index in [0.717, 1.165) is 17.2 Å². The predicted molar refractivity (Wildman–Crippen MR) is 117 cm³/mol. The molecular formula is C23H18F4N4O2. The van der Waals surface area contributed by atoms with Crippen molar-refractivity contribution in [3.63, 3.8) is 0 Å². The Kier molecular flexibility index (Phi) is 7.07. The smallest absolute Gasteiger partial charge is 0.322 e. The number of benzene rings is 2. The van der Waals surface area contributed by atoms with Crippen molar-refractivity contribution in [3.8, 4) is 0 Å². The van der Waals surface area contributed by atoms with Gasteiger partial charge < -0.3 is 16.0 Å². The maximum absolute atomic E-state index is 13.4. The zero-order valence-electron chi connectivity index (χ0n) is 17.2. The average Bonchev–Trinajstić information content (AvgIpc) is 2.76. The number of alkyl halides is 3. The zero-order valence-corrected chi connectivity index (χ0v) is 17.2. The van der Waals surface area contributed by atoms with Gasteiger partial charge in [-0.1, -0.05) is 12.1 Å². The molecule has 3 aromatic rings. The van der Waals surface area contributed by atoms with Gasteiger partial charge in [0.15, 0.2) is 0 Å². The second kappa shape index (κ2) is 9.94. The highest BCUT2D eigenvalue weighted by Crippen LogP contribution is 2.33. The molecule has 0 atom stereocenters. The van der Waals surface area contributed by atoms with E-state index in [1.165, 1.54) is 12.1 Å². The van der Waals surface area contributed by atoms with Crippen molar-refractivity contribution in [3.05, 3.63) is 89.5 Å². The van der Waals surface area contributed by atoms with E-state index in [1.807, 2.05) is 0 Å². The van der Waals surface area contributed by atoms with Crippen molar-refractivity contribution < 1.29 is 27.2 Å². The summed E-state index contributed by atoms with van der Waals surface area (Å²) < 4.78 is 51.9. The number of aryl methyl sites for hydroxylation is 1. The minimum Gasteiger partial charge on any atom is -0.322 e. The lowest BCUT2D eigenvalue weighted by molar-refractivity contribution is -0.139. The second-order valence-electron chi connectivity index (χ2n) is 6.91. The SMILES string of the molecule is Cc1ccc(NC(=O)Nc2ccc(F)c(C(F)(F)F)c2)cc1NC(=O)/C=C/c1cccnc1. The first-order chi connectivity index (χ1) is 15.6. The predicted octanol–water partition coefficient (Wildman–Crippen LogP) is 5.84. The van der Waals surface area contributed by atoms with Crippen LogP contribution < -0.4 is 16.0 Å². The van der Waals surface area contributed by atoms with Crippen LogP contribution in [0.1, 0.15) is 16.7 Å². The Morgan fingerprint density at radius 3 is 2.33 bits per heavy atom. The number of urea groups is 1.